The average Bonchev–Trinajstić information content (AvgIpc) is 2.97. The van der Waals surface area contributed by atoms with Crippen molar-refractivity contribution >= 4 is 0 Å². The first-order chi connectivity index (χ1) is 7.69. The zero-order valence-electron chi connectivity index (χ0n) is 10.2. The number of aromatic nitrogens is 1. The minimum absolute atomic E-state index is 0.348. The van der Waals surface area contributed by atoms with E-state index in [-0.39, 0.29) is 5.41 Å². The Bertz CT molecular complexity index is 425. The van der Waals surface area contributed by atoms with Gasteiger partial charge in [0.25, 0.3) is 0 Å². The molecule has 1 aromatic rings. The first kappa shape index (κ1) is 12.4. The van der Waals surface area contributed by atoms with Gasteiger partial charge in [-0.05, 0) is 30.4 Å². The topological polar surface area (TPSA) is 12.9 Å². The van der Waals surface area contributed by atoms with Crippen molar-refractivity contribution in [2.75, 3.05) is 0 Å². The Morgan fingerprint density at radius 2 is 1.71 bits per heavy atom. The van der Waals surface area contributed by atoms with Crippen LogP contribution in [0, 0.1) is 0 Å². The van der Waals surface area contributed by atoms with E-state index in [1.807, 2.05) is 20.8 Å². The fraction of sp³-hybridized carbons (Fsp3) is 0.615. The molecule has 0 unspecified atom stereocenters. The largest absolute Gasteiger partial charge is 0.433 e. The first-order valence-electron chi connectivity index (χ1n) is 5.78. The smallest absolute Gasteiger partial charge is 0.247 e. The van der Waals surface area contributed by atoms with Crippen LogP contribution in [-0.4, -0.2) is 4.98 Å². The minimum atomic E-state index is -4.36. The normalized spacial score (nSPS) is 17.3. The van der Waals surface area contributed by atoms with E-state index in [0.29, 0.717) is 11.6 Å². The molecule has 0 bridgehead atoms. The second kappa shape index (κ2) is 3.72. The highest BCUT2D eigenvalue weighted by Gasteiger charge is 2.36. The van der Waals surface area contributed by atoms with Gasteiger partial charge < -0.3 is 0 Å². The molecule has 0 radical (unpaired) electrons. The van der Waals surface area contributed by atoms with Crippen molar-refractivity contribution in [2.24, 2.45) is 0 Å². The molecule has 0 aliphatic heterocycles. The SMILES string of the molecule is CC(C)(C)c1nc(C(F)(F)F)ccc1C1CC1. The van der Waals surface area contributed by atoms with Gasteiger partial charge >= 0.3 is 6.18 Å². The Morgan fingerprint density at radius 3 is 2.12 bits per heavy atom. The maximum atomic E-state index is 12.6. The lowest BCUT2D eigenvalue weighted by molar-refractivity contribution is -0.141. The summed E-state index contributed by atoms with van der Waals surface area (Å²) in [6.45, 7) is 5.71. The molecule has 0 N–H and O–H groups in total. The summed E-state index contributed by atoms with van der Waals surface area (Å²) in [6.07, 6.45) is -2.23. The van der Waals surface area contributed by atoms with Gasteiger partial charge in [0.1, 0.15) is 5.69 Å². The van der Waals surface area contributed by atoms with Crippen LogP contribution in [-0.2, 0) is 11.6 Å². The van der Waals surface area contributed by atoms with Crippen molar-refractivity contribution in [3.05, 3.63) is 29.1 Å². The van der Waals surface area contributed by atoms with Gasteiger partial charge in [-0.3, -0.25) is 0 Å². The molecule has 17 heavy (non-hydrogen) atoms. The molecule has 94 valence electrons. The highest BCUT2D eigenvalue weighted by atomic mass is 19.4. The molecule has 1 saturated carbocycles. The van der Waals surface area contributed by atoms with Crippen LogP contribution >= 0.6 is 0 Å². The number of hydrogen-bond acceptors (Lipinski definition) is 1. The molecule has 1 aromatic heterocycles. The number of rotatable bonds is 1. The number of alkyl halides is 3. The molecule has 0 aromatic carbocycles. The fourth-order valence-electron chi connectivity index (χ4n) is 1.95. The third-order valence-corrected chi connectivity index (χ3v) is 2.94. The third kappa shape index (κ3) is 2.61. The lowest BCUT2D eigenvalue weighted by Crippen LogP contribution is -2.20. The summed E-state index contributed by atoms with van der Waals surface area (Å²) in [6, 6.07) is 2.71. The van der Waals surface area contributed by atoms with Gasteiger partial charge in [-0.25, -0.2) is 4.98 Å². The average molecular weight is 243 g/mol. The van der Waals surface area contributed by atoms with Gasteiger partial charge in [0.15, 0.2) is 0 Å². The molecule has 1 nitrogen and oxygen atoms in total. The van der Waals surface area contributed by atoms with Crippen molar-refractivity contribution < 1.29 is 13.2 Å². The molecular formula is C13H16F3N. The summed E-state index contributed by atoms with van der Waals surface area (Å²) in [5.41, 5.74) is 0.450. The lowest BCUT2D eigenvalue weighted by Gasteiger charge is -2.23. The Hall–Kier alpha value is -1.06. The van der Waals surface area contributed by atoms with Crippen LogP contribution in [0.4, 0.5) is 13.2 Å². The van der Waals surface area contributed by atoms with Gasteiger partial charge in [0.05, 0.1) is 0 Å². The fourth-order valence-corrected chi connectivity index (χ4v) is 1.95. The summed E-state index contributed by atoms with van der Waals surface area (Å²) in [7, 11) is 0. The van der Waals surface area contributed by atoms with E-state index in [1.54, 1.807) is 6.07 Å². The minimum Gasteiger partial charge on any atom is -0.247 e. The molecule has 0 atom stereocenters. The van der Waals surface area contributed by atoms with Gasteiger partial charge in [0.2, 0.25) is 0 Å². The van der Waals surface area contributed by atoms with E-state index in [2.05, 4.69) is 4.98 Å². The molecule has 1 fully saturated rings. The zero-order chi connectivity index (χ0) is 12.8. The summed E-state index contributed by atoms with van der Waals surface area (Å²) in [5, 5.41) is 0. The summed E-state index contributed by atoms with van der Waals surface area (Å²) in [5.74, 6) is 0.416. The second-order valence-corrected chi connectivity index (χ2v) is 5.66. The van der Waals surface area contributed by atoms with Crippen molar-refractivity contribution in [1.82, 2.24) is 4.98 Å². The molecule has 0 spiro atoms. The lowest BCUT2D eigenvalue weighted by atomic mass is 9.86. The number of halogens is 3. The van der Waals surface area contributed by atoms with Crippen LogP contribution in [0.1, 0.15) is 56.5 Å². The van der Waals surface area contributed by atoms with Gasteiger partial charge in [-0.15, -0.1) is 0 Å². The highest BCUT2D eigenvalue weighted by Crippen LogP contribution is 2.44. The standard InChI is InChI=1S/C13H16F3N/c1-12(2,3)11-9(8-4-5-8)6-7-10(17-11)13(14,15)16/h6-8H,4-5H2,1-3H3. The van der Waals surface area contributed by atoms with Crippen LogP contribution in [0.15, 0.2) is 12.1 Å². The van der Waals surface area contributed by atoms with Gasteiger partial charge in [-0.1, -0.05) is 26.8 Å². The number of nitrogens with zero attached hydrogens (tertiary/aromatic N) is 1. The van der Waals surface area contributed by atoms with Crippen LogP contribution in [0.25, 0.3) is 0 Å². The molecule has 1 heterocycles. The molecule has 4 heteroatoms. The van der Waals surface area contributed by atoms with Gasteiger partial charge in [0, 0.05) is 11.1 Å². The van der Waals surface area contributed by atoms with E-state index < -0.39 is 11.9 Å². The Balaban J connectivity index is 2.50. The molecule has 1 aliphatic rings. The maximum Gasteiger partial charge on any atom is 0.433 e. The maximum absolute atomic E-state index is 12.6. The Labute approximate surface area is 99.1 Å². The molecule has 0 amide bonds. The van der Waals surface area contributed by atoms with E-state index >= 15 is 0 Å². The van der Waals surface area contributed by atoms with Crippen molar-refractivity contribution in [1.29, 1.82) is 0 Å². The predicted molar refractivity (Wildman–Crippen MR) is 59.9 cm³/mol. The van der Waals surface area contributed by atoms with Crippen LogP contribution < -0.4 is 0 Å². The first-order valence-corrected chi connectivity index (χ1v) is 5.78. The Kier molecular flexibility index (Phi) is 2.71. The van der Waals surface area contributed by atoms with E-state index in [1.165, 1.54) is 0 Å². The number of pyridine rings is 1. The van der Waals surface area contributed by atoms with Gasteiger partial charge in [-0.2, -0.15) is 13.2 Å². The van der Waals surface area contributed by atoms with Crippen LogP contribution in [0.5, 0.6) is 0 Å². The van der Waals surface area contributed by atoms with E-state index in [4.69, 9.17) is 0 Å². The predicted octanol–water partition coefficient (Wildman–Crippen LogP) is 4.28. The summed E-state index contributed by atoms with van der Waals surface area (Å²) >= 11 is 0. The van der Waals surface area contributed by atoms with E-state index in [9.17, 15) is 13.2 Å². The molecular weight excluding hydrogens is 227 g/mol. The van der Waals surface area contributed by atoms with Crippen molar-refractivity contribution in [2.45, 2.75) is 51.1 Å². The monoisotopic (exact) mass is 243 g/mol. The third-order valence-electron chi connectivity index (χ3n) is 2.94. The summed E-state index contributed by atoms with van der Waals surface area (Å²) < 4.78 is 37.9. The van der Waals surface area contributed by atoms with Crippen molar-refractivity contribution in [3.8, 4) is 0 Å². The van der Waals surface area contributed by atoms with Crippen LogP contribution in [0.3, 0.4) is 0 Å². The molecule has 2 rings (SSSR count). The highest BCUT2D eigenvalue weighted by molar-refractivity contribution is 5.34. The summed E-state index contributed by atoms with van der Waals surface area (Å²) in [4.78, 5) is 3.85. The van der Waals surface area contributed by atoms with E-state index in [0.717, 1.165) is 24.5 Å². The second-order valence-electron chi connectivity index (χ2n) is 5.66. The molecule has 1 aliphatic carbocycles. The van der Waals surface area contributed by atoms with Crippen LogP contribution in [0.2, 0.25) is 0 Å². The van der Waals surface area contributed by atoms with Crippen molar-refractivity contribution in [3.63, 3.8) is 0 Å². The zero-order valence-corrected chi connectivity index (χ0v) is 10.2. The Morgan fingerprint density at radius 1 is 1.12 bits per heavy atom. The quantitative estimate of drug-likeness (QED) is 0.717. The number of hydrogen-bond donors (Lipinski definition) is 0. The molecule has 0 saturated heterocycles.